The van der Waals surface area contributed by atoms with Crippen LogP contribution < -0.4 is 0 Å². The Morgan fingerprint density at radius 1 is 0.500 bits per heavy atom. The van der Waals surface area contributed by atoms with Gasteiger partial charge in [0.05, 0.1) is 0 Å². The van der Waals surface area contributed by atoms with Gasteiger partial charge in [-0.25, -0.2) is 4.79 Å². The summed E-state index contributed by atoms with van der Waals surface area (Å²) in [7, 11) is 6.22. The fraction of sp³-hybridized carbons (Fsp3) is 0.800. The van der Waals surface area contributed by atoms with Gasteiger partial charge in [0, 0.05) is 19.6 Å². The van der Waals surface area contributed by atoms with Gasteiger partial charge in [-0.3, -0.25) is 0 Å². The SMILES string of the molecule is CCCCC/C=C\C/C=C\CCCCCCCCC(CCCCCCCC/C=C\C/C=C\CCCCC)OC(=O)OCCN(C)CCN(C)C. The van der Waals surface area contributed by atoms with Crippen LogP contribution in [0.2, 0.25) is 0 Å². The summed E-state index contributed by atoms with van der Waals surface area (Å²) in [5.41, 5.74) is 0. The molecule has 0 aliphatic carbocycles. The van der Waals surface area contributed by atoms with Crippen LogP contribution in [-0.4, -0.2) is 69.4 Å². The topological polar surface area (TPSA) is 42.0 Å². The van der Waals surface area contributed by atoms with Crippen molar-refractivity contribution in [1.29, 1.82) is 0 Å². The van der Waals surface area contributed by atoms with Crippen LogP contribution in [0.15, 0.2) is 48.6 Å². The van der Waals surface area contributed by atoms with E-state index < -0.39 is 6.16 Å². The maximum Gasteiger partial charge on any atom is 0.508 e. The van der Waals surface area contributed by atoms with Crippen LogP contribution in [0.5, 0.6) is 0 Å². The first-order valence-corrected chi connectivity index (χ1v) is 21.3. The Labute approximate surface area is 312 Å². The minimum absolute atomic E-state index is 0.0226. The van der Waals surface area contributed by atoms with Crippen LogP contribution in [0.4, 0.5) is 4.79 Å². The molecule has 0 N–H and O–H groups in total. The van der Waals surface area contributed by atoms with E-state index in [2.05, 4.69) is 93.4 Å². The monoisotopic (exact) mass is 701 g/mol. The summed E-state index contributed by atoms with van der Waals surface area (Å²) < 4.78 is 11.3. The second-order valence-electron chi connectivity index (χ2n) is 14.7. The summed E-state index contributed by atoms with van der Waals surface area (Å²) in [4.78, 5) is 16.9. The van der Waals surface area contributed by atoms with E-state index in [1.807, 2.05) is 0 Å². The molecule has 50 heavy (non-hydrogen) atoms. The summed E-state index contributed by atoms with van der Waals surface area (Å²) in [6.07, 6.45) is 50.0. The lowest BCUT2D eigenvalue weighted by Crippen LogP contribution is -2.31. The predicted octanol–water partition coefficient (Wildman–Crippen LogP) is 13.4. The molecule has 0 saturated heterocycles. The van der Waals surface area contributed by atoms with E-state index in [4.69, 9.17) is 9.47 Å². The molecule has 0 bridgehead atoms. The molecule has 5 heteroatoms. The highest BCUT2D eigenvalue weighted by atomic mass is 16.7. The first kappa shape index (κ1) is 48.1. The third-order valence-corrected chi connectivity index (χ3v) is 9.34. The molecular weight excluding hydrogens is 617 g/mol. The number of unbranched alkanes of at least 4 members (excludes halogenated alkanes) is 18. The molecule has 0 radical (unpaired) electrons. The Kier molecular flexibility index (Phi) is 38.5. The van der Waals surface area contributed by atoms with E-state index in [1.165, 1.54) is 128 Å². The molecule has 0 spiro atoms. The van der Waals surface area contributed by atoms with Gasteiger partial charge in [-0.2, -0.15) is 0 Å². The van der Waals surface area contributed by atoms with Crippen molar-refractivity contribution in [3.05, 3.63) is 48.6 Å². The van der Waals surface area contributed by atoms with E-state index in [1.54, 1.807) is 0 Å². The molecule has 0 atom stereocenters. The van der Waals surface area contributed by atoms with Gasteiger partial charge in [0.1, 0.15) is 12.7 Å². The lowest BCUT2D eigenvalue weighted by molar-refractivity contribution is 0.0129. The van der Waals surface area contributed by atoms with Crippen molar-refractivity contribution in [2.45, 2.75) is 187 Å². The molecule has 0 amide bonds. The van der Waals surface area contributed by atoms with E-state index >= 15 is 0 Å². The zero-order valence-electron chi connectivity index (χ0n) is 34.0. The average molecular weight is 701 g/mol. The standard InChI is InChI=1S/C45H84N2O3/c1-6-8-10-12-14-16-18-20-22-24-26-28-30-32-34-36-38-44(50-45(48)49-43-42-47(5)41-40-46(3)4)39-37-35-33-31-29-27-25-23-21-19-17-15-13-11-9-7-2/h14-17,20-23,44H,6-13,18-19,24-43H2,1-5H3/b16-14-,17-15-,22-20-,23-21-. The molecule has 0 aromatic heterocycles. The number of ether oxygens (including phenoxy) is 2. The maximum atomic E-state index is 12.6. The first-order chi connectivity index (χ1) is 24.5. The van der Waals surface area contributed by atoms with Crippen LogP contribution in [0, 0.1) is 0 Å². The van der Waals surface area contributed by atoms with Gasteiger partial charge < -0.3 is 19.3 Å². The van der Waals surface area contributed by atoms with Gasteiger partial charge in [0.15, 0.2) is 0 Å². The number of allylic oxidation sites excluding steroid dienone is 8. The Morgan fingerprint density at radius 3 is 1.32 bits per heavy atom. The summed E-state index contributed by atoms with van der Waals surface area (Å²) in [5.74, 6) is 0. The average Bonchev–Trinajstić information content (AvgIpc) is 3.10. The van der Waals surface area contributed by atoms with Crippen molar-refractivity contribution in [2.24, 2.45) is 0 Å². The van der Waals surface area contributed by atoms with Crippen LogP contribution in [0.3, 0.4) is 0 Å². The number of likely N-dealkylation sites (N-methyl/N-ethyl adjacent to an activating group) is 2. The number of nitrogens with zero attached hydrogens (tertiary/aromatic N) is 2. The van der Waals surface area contributed by atoms with Crippen molar-refractivity contribution in [3.63, 3.8) is 0 Å². The zero-order chi connectivity index (χ0) is 36.6. The van der Waals surface area contributed by atoms with Crippen LogP contribution in [-0.2, 0) is 9.47 Å². The van der Waals surface area contributed by atoms with Crippen molar-refractivity contribution < 1.29 is 14.3 Å². The van der Waals surface area contributed by atoms with Crippen molar-refractivity contribution >= 4 is 6.16 Å². The second kappa shape index (κ2) is 39.9. The number of hydrogen-bond acceptors (Lipinski definition) is 5. The quantitative estimate of drug-likeness (QED) is 0.0367. The Hall–Kier alpha value is -1.85. The minimum atomic E-state index is -0.490. The molecule has 0 unspecified atom stereocenters. The van der Waals surface area contributed by atoms with E-state index in [0.717, 1.165) is 58.2 Å². The van der Waals surface area contributed by atoms with Gasteiger partial charge >= 0.3 is 6.16 Å². The van der Waals surface area contributed by atoms with Crippen LogP contribution in [0.1, 0.15) is 181 Å². The first-order valence-electron chi connectivity index (χ1n) is 21.3. The maximum absolute atomic E-state index is 12.6. The lowest BCUT2D eigenvalue weighted by Gasteiger charge is -2.20. The normalized spacial score (nSPS) is 12.4. The Balaban J connectivity index is 4.21. The molecular formula is C45H84N2O3. The molecule has 5 nitrogen and oxygen atoms in total. The highest BCUT2D eigenvalue weighted by Gasteiger charge is 2.15. The zero-order valence-corrected chi connectivity index (χ0v) is 34.0. The van der Waals surface area contributed by atoms with Crippen LogP contribution >= 0.6 is 0 Å². The number of carbonyl (C=O) groups is 1. The minimum Gasteiger partial charge on any atom is -0.433 e. The van der Waals surface area contributed by atoms with E-state index in [9.17, 15) is 4.79 Å². The van der Waals surface area contributed by atoms with Gasteiger partial charge in [-0.05, 0) is 111 Å². The molecule has 292 valence electrons. The molecule has 0 aromatic rings. The molecule has 0 aromatic carbocycles. The van der Waals surface area contributed by atoms with Crippen molar-refractivity contribution in [2.75, 3.05) is 47.4 Å². The summed E-state index contributed by atoms with van der Waals surface area (Å²) >= 11 is 0. The number of hydrogen-bond donors (Lipinski definition) is 0. The molecule has 0 fully saturated rings. The molecule has 0 heterocycles. The van der Waals surface area contributed by atoms with Gasteiger partial charge in [0.25, 0.3) is 0 Å². The third-order valence-electron chi connectivity index (χ3n) is 9.34. The lowest BCUT2D eigenvalue weighted by atomic mass is 10.0. The van der Waals surface area contributed by atoms with Gasteiger partial charge in [0.2, 0.25) is 0 Å². The summed E-state index contributed by atoms with van der Waals surface area (Å²) in [6.45, 7) is 7.57. The van der Waals surface area contributed by atoms with Crippen molar-refractivity contribution in [3.8, 4) is 0 Å². The fourth-order valence-electron chi connectivity index (χ4n) is 5.92. The van der Waals surface area contributed by atoms with Crippen molar-refractivity contribution in [1.82, 2.24) is 9.80 Å². The predicted molar refractivity (Wildman–Crippen MR) is 220 cm³/mol. The molecule has 0 aliphatic rings. The van der Waals surface area contributed by atoms with Crippen LogP contribution in [0.25, 0.3) is 0 Å². The second-order valence-corrected chi connectivity index (χ2v) is 14.7. The third kappa shape index (κ3) is 38.9. The fourth-order valence-corrected chi connectivity index (χ4v) is 5.92. The number of carbonyl (C=O) groups excluding carboxylic acids is 1. The Bertz CT molecular complexity index is 771. The summed E-state index contributed by atoms with van der Waals surface area (Å²) in [6, 6.07) is 0. The molecule has 0 aliphatic heterocycles. The number of rotatable bonds is 37. The smallest absolute Gasteiger partial charge is 0.433 e. The molecule has 0 saturated carbocycles. The largest absolute Gasteiger partial charge is 0.508 e. The highest BCUT2D eigenvalue weighted by Crippen LogP contribution is 2.18. The highest BCUT2D eigenvalue weighted by molar-refractivity contribution is 5.60. The van der Waals surface area contributed by atoms with E-state index in [-0.39, 0.29) is 6.10 Å². The van der Waals surface area contributed by atoms with Gasteiger partial charge in [-0.15, -0.1) is 0 Å². The Morgan fingerprint density at radius 2 is 0.900 bits per heavy atom. The molecule has 0 rings (SSSR count). The summed E-state index contributed by atoms with van der Waals surface area (Å²) in [5, 5.41) is 0. The van der Waals surface area contributed by atoms with Gasteiger partial charge in [-0.1, -0.05) is 140 Å². The van der Waals surface area contributed by atoms with E-state index in [0.29, 0.717) is 6.61 Å².